The maximum atomic E-state index is 0. The minimum Gasteiger partial charge on any atom is -2.00 e. The molecule has 0 aromatic heterocycles. The van der Waals surface area contributed by atoms with Gasteiger partial charge in [0.05, 0.1) is 0 Å². The van der Waals surface area contributed by atoms with Crippen LogP contribution in [0.25, 0.3) is 0 Å². The Morgan fingerprint density at radius 2 is 0.500 bits per heavy atom. The summed E-state index contributed by atoms with van der Waals surface area (Å²) in [6, 6.07) is 0. The van der Waals surface area contributed by atoms with Gasteiger partial charge in [0.1, 0.15) is 0 Å². The van der Waals surface area contributed by atoms with Crippen molar-refractivity contribution in [2.45, 2.75) is 0 Å². The van der Waals surface area contributed by atoms with Crippen molar-refractivity contribution in [2.24, 2.45) is 0 Å². The zero-order chi connectivity index (χ0) is 0. The van der Waals surface area contributed by atoms with Crippen LogP contribution in [-0.2, 0) is 33.5 Å². The molecule has 6 heteroatoms. The van der Waals surface area contributed by atoms with Crippen LogP contribution >= 0.6 is 0 Å². The molecule has 0 aliphatic rings. The van der Waals surface area contributed by atoms with Crippen molar-refractivity contribution in [3.05, 3.63) is 0 Å². The summed E-state index contributed by atoms with van der Waals surface area (Å²) in [6.07, 6.45) is 0. The van der Waals surface area contributed by atoms with Gasteiger partial charge in [0.25, 0.3) is 0 Å². The van der Waals surface area contributed by atoms with E-state index in [9.17, 15) is 0 Å². The molecule has 0 aromatic rings. The molecule has 0 atom stereocenters. The smallest absolute Gasteiger partial charge is 1.00 e. The average Bonchev–Trinajstić information content (AvgIpc) is 0. The maximum Gasteiger partial charge on any atom is 1.00 e. The molecule has 3 nitrogen and oxygen atoms in total. The molecule has 0 amide bonds. The summed E-state index contributed by atoms with van der Waals surface area (Å²) in [4.78, 5) is 0. The van der Waals surface area contributed by atoms with Gasteiger partial charge in [-0.25, -0.2) is 0 Å². The normalized spacial score (nSPS) is 0. The fraction of sp³-hybridized carbons (Fsp3) is 0. The van der Waals surface area contributed by atoms with Gasteiger partial charge in [-0.3, -0.25) is 0 Å². The summed E-state index contributed by atoms with van der Waals surface area (Å²) >= 11 is 0. The molecule has 1 radical (unpaired) electrons. The molecule has 0 aromatic carbocycles. The second-order valence-corrected chi connectivity index (χ2v) is 0. The Morgan fingerprint density at radius 1 is 0.500 bits per heavy atom. The molecule has 0 N–H and O–H groups in total. The van der Waals surface area contributed by atoms with Crippen LogP contribution in [0.3, 0.4) is 0 Å². The standard InChI is InChI=1S/Mn.2Na.3O/q;2*+1;3*-2. The van der Waals surface area contributed by atoms with Crippen molar-refractivity contribution in [1.82, 2.24) is 0 Å². The monoisotopic (exact) mass is 149 g/mol. The van der Waals surface area contributed by atoms with Gasteiger partial charge in [0, 0.05) is 17.1 Å². The molecule has 31 valence electrons. The first-order valence-corrected chi connectivity index (χ1v) is 0. The summed E-state index contributed by atoms with van der Waals surface area (Å²) < 4.78 is 0. The molecule has 0 rings (SSSR count). The number of hydrogen-bond acceptors (Lipinski definition) is 0. The van der Waals surface area contributed by atoms with E-state index in [0.717, 1.165) is 0 Å². The first-order chi connectivity index (χ1) is 0. The topological polar surface area (TPSA) is 85.5 Å². The molecule has 0 aliphatic heterocycles. The van der Waals surface area contributed by atoms with E-state index in [2.05, 4.69) is 0 Å². The van der Waals surface area contributed by atoms with Gasteiger partial charge in [-0.05, 0) is 0 Å². The minimum atomic E-state index is 0. The average molecular weight is 149 g/mol. The van der Waals surface area contributed by atoms with Crippen LogP contribution in [0.2, 0.25) is 0 Å². The largest absolute Gasteiger partial charge is 2.00 e. The van der Waals surface area contributed by atoms with Gasteiger partial charge in [-0.15, -0.1) is 0 Å². The summed E-state index contributed by atoms with van der Waals surface area (Å²) in [6.45, 7) is 0. The Hall–Kier alpha value is 2.40. The molecule has 0 unspecified atom stereocenters. The van der Waals surface area contributed by atoms with E-state index in [1.165, 1.54) is 0 Å². The Kier molecular flexibility index (Phi) is 701. The Bertz CT molecular complexity index is 8.75. The first-order valence-electron chi connectivity index (χ1n) is 0. The molecule has 0 bridgehead atoms. The van der Waals surface area contributed by atoms with Crippen molar-refractivity contribution in [3.8, 4) is 0 Å². The van der Waals surface area contributed by atoms with Crippen LogP contribution in [-0.4, -0.2) is 0 Å². The predicted molar refractivity (Wildman–Crippen MR) is 2.06 cm³/mol. The van der Waals surface area contributed by atoms with Crippen molar-refractivity contribution >= 4 is 0 Å². The maximum absolute atomic E-state index is 0. The molecule has 6 heavy (non-hydrogen) atoms. The number of rotatable bonds is 0. The van der Waals surface area contributed by atoms with Gasteiger partial charge in [0.15, 0.2) is 0 Å². The second-order valence-electron chi connectivity index (χ2n) is 0. The van der Waals surface area contributed by atoms with Crippen molar-refractivity contribution in [2.75, 3.05) is 0 Å². The summed E-state index contributed by atoms with van der Waals surface area (Å²) in [5.41, 5.74) is 0. The second kappa shape index (κ2) is 52.6. The predicted octanol–water partition coefficient (Wildman–Crippen LogP) is -6.35. The molecule has 0 spiro atoms. The van der Waals surface area contributed by atoms with Crippen LogP contribution in [0, 0.1) is 0 Å². The fourth-order valence-electron chi connectivity index (χ4n) is 0. The zero-order valence-electron chi connectivity index (χ0n) is 3.60. The van der Waals surface area contributed by atoms with E-state index in [-0.39, 0.29) is 92.6 Å². The molecule has 0 saturated carbocycles. The van der Waals surface area contributed by atoms with Crippen LogP contribution in [0.1, 0.15) is 0 Å². The van der Waals surface area contributed by atoms with Crippen LogP contribution in [0.15, 0.2) is 0 Å². The minimum absolute atomic E-state index is 0. The van der Waals surface area contributed by atoms with E-state index in [4.69, 9.17) is 0 Å². The van der Waals surface area contributed by atoms with Gasteiger partial charge >= 0.3 is 59.1 Å². The first kappa shape index (κ1) is 79.9. The van der Waals surface area contributed by atoms with Crippen molar-refractivity contribution in [3.63, 3.8) is 0 Å². The van der Waals surface area contributed by atoms with Crippen LogP contribution < -0.4 is 59.1 Å². The molecule has 0 aliphatic carbocycles. The third-order valence-corrected chi connectivity index (χ3v) is 0. The zero-order valence-corrected chi connectivity index (χ0v) is 8.78. The summed E-state index contributed by atoms with van der Waals surface area (Å²) in [5, 5.41) is 0. The summed E-state index contributed by atoms with van der Waals surface area (Å²) in [5.74, 6) is 0. The molecular formula is MnNa2O3-4. The van der Waals surface area contributed by atoms with Gasteiger partial charge in [-0.2, -0.15) is 0 Å². The molecule has 0 saturated heterocycles. The van der Waals surface area contributed by atoms with Crippen molar-refractivity contribution < 1.29 is 92.6 Å². The molecular weight excluding hydrogens is 149 g/mol. The van der Waals surface area contributed by atoms with E-state index in [1.54, 1.807) is 0 Å². The quantitative estimate of drug-likeness (QED) is 0.307. The Balaban J connectivity index is 0. The van der Waals surface area contributed by atoms with E-state index in [1.807, 2.05) is 0 Å². The third-order valence-electron chi connectivity index (χ3n) is 0. The van der Waals surface area contributed by atoms with E-state index < -0.39 is 0 Å². The Labute approximate surface area is 91.2 Å². The van der Waals surface area contributed by atoms with E-state index >= 15 is 0 Å². The molecule has 0 fully saturated rings. The fourth-order valence-corrected chi connectivity index (χ4v) is 0. The van der Waals surface area contributed by atoms with E-state index in [0.29, 0.717) is 0 Å². The Morgan fingerprint density at radius 3 is 0.500 bits per heavy atom. The number of hydrogen-bond donors (Lipinski definition) is 0. The van der Waals surface area contributed by atoms with Gasteiger partial charge in [0.2, 0.25) is 0 Å². The summed E-state index contributed by atoms with van der Waals surface area (Å²) in [7, 11) is 0. The van der Waals surface area contributed by atoms with Crippen molar-refractivity contribution in [1.29, 1.82) is 0 Å². The molecule has 0 heterocycles. The SMILES string of the molecule is [Mn].[Na+].[Na+].[O-2].[O-2].[O-2]. The van der Waals surface area contributed by atoms with Gasteiger partial charge in [-0.1, -0.05) is 0 Å². The third kappa shape index (κ3) is 32.4. The van der Waals surface area contributed by atoms with Gasteiger partial charge < -0.3 is 16.4 Å². The van der Waals surface area contributed by atoms with Crippen LogP contribution in [0.4, 0.5) is 0 Å². The van der Waals surface area contributed by atoms with Crippen LogP contribution in [0.5, 0.6) is 0 Å².